The van der Waals surface area contributed by atoms with E-state index >= 15 is 0 Å². The van der Waals surface area contributed by atoms with Gasteiger partial charge in [0.1, 0.15) is 0 Å². The van der Waals surface area contributed by atoms with E-state index in [9.17, 15) is 0 Å². The molecule has 1 saturated heterocycles. The first kappa shape index (κ1) is 13.0. The van der Waals surface area contributed by atoms with Crippen LogP contribution in [0.5, 0.6) is 0 Å². The summed E-state index contributed by atoms with van der Waals surface area (Å²) in [4.78, 5) is 3.94. The number of hydrogen-bond donors (Lipinski definition) is 0. The number of nitrogens with zero attached hydrogens (tertiary/aromatic N) is 1. The van der Waals surface area contributed by atoms with E-state index in [1.54, 1.807) is 0 Å². The Morgan fingerprint density at radius 3 is 2.69 bits per heavy atom. The summed E-state index contributed by atoms with van der Waals surface area (Å²) in [5, 5.41) is 0. The molecule has 1 aromatic rings. The number of ether oxygens (including phenoxy) is 1. The van der Waals surface area contributed by atoms with Crippen molar-refractivity contribution >= 4 is 43.2 Å². The Morgan fingerprint density at radius 1 is 1.31 bits per heavy atom. The molecular weight excluding hydrogens is 354 g/mol. The summed E-state index contributed by atoms with van der Waals surface area (Å²) in [5.41, 5.74) is 0. The monoisotopic (exact) mass is 367 g/mol. The molecule has 0 radical (unpaired) electrons. The Balaban J connectivity index is 1.71. The van der Waals surface area contributed by atoms with E-state index in [1.165, 1.54) is 32.5 Å². The Kier molecular flexibility index (Phi) is 5.29. The number of morpholine rings is 1. The molecule has 0 aromatic carbocycles. The van der Waals surface area contributed by atoms with Gasteiger partial charge in [0.2, 0.25) is 0 Å². The minimum atomic E-state index is 0.899. The van der Waals surface area contributed by atoms with Crippen molar-refractivity contribution in [3.8, 4) is 0 Å². The molecule has 0 bridgehead atoms. The van der Waals surface area contributed by atoms with Crippen LogP contribution in [0.4, 0.5) is 0 Å². The van der Waals surface area contributed by atoms with Crippen molar-refractivity contribution in [3.63, 3.8) is 0 Å². The van der Waals surface area contributed by atoms with Crippen LogP contribution >= 0.6 is 43.2 Å². The lowest BCUT2D eigenvalue weighted by Gasteiger charge is -2.26. The van der Waals surface area contributed by atoms with Gasteiger partial charge in [-0.05, 0) is 57.3 Å². The molecule has 1 fully saturated rings. The van der Waals surface area contributed by atoms with Crippen molar-refractivity contribution in [3.05, 3.63) is 19.2 Å². The maximum Gasteiger partial charge on any atom is 0.0843 e. The van der Waals surface area contributed by atoms with Crippen molar-refractivity contribution in [2.45, 2.75) is 12.8 Å². The third-order valence-electron chi connectivity index (χ3n) is 2.70. The van der Waals surface area contributed by atoms with Gasteiger partial charge < -0.3 is 4.74 Å². The third kappa shape index (κ3) is 3.81. The van der Waals surface area contributed by atoms with Crippen LogP contribution in [0.2, 0.25) is 0 Å². The van der Waals surface area contributed by atoms with E-state index in [4.69, 9.17) is 4.74 Å². The number of thiophene rings is 1. The summed E-state index contributed by atoms with van der Waals surface area (Å²) in [6.07, 6.45) is 2.41. The first-order valence-electron chi connectivity index (χ1n) is 5.49. The quantitative estimate of drug-likeness (QED) is 0.805. The van der Waals surface area contributed by atoms with E-state index in [0.717, 1.165) is 26.3 Å². The zero-order valence-electron chi connectivity index (χ0n) is 9.05. The molecule has 2 nitrogen and oxygen atoms in total. The molecule has 90 valence electrons. The Bertz CT molecular complexity index is 317. The van der Waals surface area contributed by atoms with Crippen molar-refractivity contribution in [1.29, 1.82) is 0 Å². The highest BCUT2D eigenvalue weighted by Gasteiger charge is 2.10. The topological polar surface area (TPSA) is 12.5 Å². The molecule has 16 heavy (non-hydrogen) atoms. The van der Waals surface area contributed by atoms with Gasteiger partial charge in [-0.15, -0.1) is 11.3 Å². The predicted molar refractivity (Wildman–Crippen MR) is 75.3 cm³/mol. The van der Waals surface area contributed by atoms with Gasteiger partial charge in [0.25, 0.3) is 0 Å². The third-order valence-corrected chi connectivity index (χ3v) is 6.01. The normalized spacial score (nSPS) is 17.9. The first-order chi connectivity index (χ1) is 7.75. The number of rotatable bonds is 4. The van der Waals surface area contributed by atoms with Gasteiger partial charge in [0.15, 0.2) is 0 Å². The summed E-state index contributed by atoms with van der Waals surface area (Å²) in [6.45, 7) is 5.18. The molecule has 0 saturated carbocycles. The van der Waals surface area contributed by atoms with E-state index in [2.05, 4.69) is 42.8 Å². The average Bonchev–Trinajstić information content (AvgIpc) is 2.60. The first-order valence-corrected chi connectivity index (χ1v) is 7.90. The van der Waals surface area contributed by atoms with Gasteiger partial charge in [-0.25, -0.2) is 0 Å². The molecule has 5 heteroatoms. The summed E-state index contributed by atoms with van der Waals surface area (Å²) in [7, 11) is 0. The van der Waals surface area contributed by atoms with E-state index in [0.29, 0.717) is 0 Å². The fraction of sp³-hybridized carbons (Fsp3) is 0.636. The van der Waals surface area contributed by atoms with Crippen LogP contribution in [0, 0.1) is 0 Å². The second-order valence-electron chi connectivity index (χ2n) is 3.89. The highest BCUT2D eigenvalue weighted by molar-refractivity contribution is 9.13. The Labute approximate surface area is 117 Å². The minimum Gasteiger partial charge on any atom is -0.379 e. The molecule has 0 atom stereocenters. The van der Waals surface area contributed by atoms with Gasteiger partial charge in [0.05, 0.1) is 17.0 Å². The molecule has 1 aromatic heterocycles. The van der Waals surface area contributed by atoms with E-state index in [1.807, 2.05) is 11.3 Å². The standard InChI is InChI=1S/C11H15Br2NOS/c12-10-8-9(16-11(10)13)2-1-3-14-4-6-15-7-5-14/h8H,1-7H2. The molecule has 0 amide bonds. The Hall–Kier alpha value is 0.580. The van der Waals surface area contributed by atoms with Crippen LogP contribution in [-0.2, 0) is 11.2 Å². The van der Waals surface area contributed by atoms with Crippen molar-refractivity contribution in [2.75, 3.05) is 32.8 Å². The zero-order chi connectivity index (χ0) is 11.4. The average molecular weight is 369 g/mol. The summed E-state index contributed by atoms with van der Waals surface area (Å²) in [6, 6.07) is 2.22. The second kappa shape index (κ2) is 6.50. The second-order valence-corrected chi connectivity index (χ2v) is 7.20. The lowest BCUT2D eigenvalue weighted by Crippen LogP contribution is -2.36. The molecular formula is C11H15Br2NOS. The van der Waals surface area contributed by atoms with Crippen molar-refractivity contribution < 1.29 is 4.74 Å². The Morgan fingerprint density at radius 2 is 2.06 bits per heavy atom. The highest BCUT2D eigenvalue weighted by atomic mass is 79.9. The van der Waals surface area contributed by atoms with Crippen molar-refractivity contribution in [2.24, 2.45) is 0 Å². The highest BCUT2D eigenvalue weighted by Crippen LogP contribution is 2.32. The van der Waals surface area contributed by atoms with Gasteiger partial charge >= 0.3 is 0 Å². The molecule has 0 unspecified atom stereocenters. The molecule has 0 spiro atoms. The maximum absolute atomic E-state index is 5.33. The summed E-state index contributed by atoms with van der Waals surface area (Å²) < 4.78 is 7.71. The van der Waals surface area contributed by atoms with Gasteiger partial charge in [-0.1, -0.05) is 0 Å². The van der Waals surface area contributed by atoms with Gasteiger partial charge in [-0.2, -0.15) is 0 Å². The SMILES string of the molecule is Brc1cc(CCCN2CCOCC2)sc1Br. The van der Waals surface area contributed by atoms with Crippen LogP contribution in [0.3, 0.4) is 0 Å². The molecule has 2 heterocycles. The van der Waals surface area contributed by atoms with Gasteiger partial charge in [0, 0.05) is 22.4 Å². The van der Waals surface area contributed by atoms with Crippen LogP contribution in [0.25, 0.3) is 0 Å². The number of halogens is 2. The van der Waals surface area contributed by atoms with Gasteiger partial charge in [-0.3, -0.25) is 4.90 Å². The van der Waals surface area contributed by atoms with Crippen molar-refractivity contribution in [1.82, 2.24) is 4.90 Å². The summed E-state index contributed by atoms with van der Waals surface area (Å²) >= 11 is 8.88. The van der Waals surface area contributed by atoms with Crippen LogP contribution in [0.1, 0.15) is 11.3 Å². The van der Waals surface area contributed by atoms with Crippen LogP contribution in [0.15, 0.2) is 14.3 Å². The summed E-state index contributed by atoms with van der Waals surface area (Å²) in [5.74, 6) is 0. The van der Waals surface area contributed by atoms with E-state index < -0.39 is 0 Å². The van der Waals surface area contributed by atoms with Crippen LogP contribution < -0.4 is 0 Å². The lowest BCUT2D eigenvalue weighted by atomic mass is 10.2. The van der Waals surface area contributed by atoms with E-state index in [-0.39, 0.29) is 0 Å². The fourth-order valence-corrected chi connectivity index (χ4v) is 4.03. The molecule has 0 N–H and O–H groups in total. The molecule has 1 aliphatic heterocycles. The number of aryl methyl sites for hydroxylation is 1. The minimum absolute atomic E-state index is 0.899. The van der Waals surface area contributed by atoms with Crippen LogP contribution in [-0.4, -0.2) is 37.7 Å². The smallest absolute Gasteiger partial charge is 0.0843 e. The molecule has 0 aliphatic carbocycles. The largest absolute Gasteiger partial charge is 0.379 e. The number of hydrogen-bond acceptors (Lipinski definition) is 3. The fourth-order valence-electron chi connectivity index (χ4n) is 1.82. The predicted octanol–water partition coefficient (Wildman–Crippen LogP) is 3.54. The molecule has 2 rings (SSSR count). The zero-order valence-corrected chi connectivity index (χ0v) is 13.0. The lowest BCUT2D eigenvalue weighted by molar-refractivity contribution is 0.0375. The molecule has 1 aliphatic rings. The maximum atomic E-state index is 5.33.